The molecule has 1 aromatic carbocycles. The first-order chi connectivity index (χ1) is 10.2. The van der Waals surface area contributed by atoms with Crippen molar-refractivity contribution in [3.8, 4) is 5.75 Å². The molecule has 2 rings (SSSR count). The normalized spacial score (nSPS) is 12.4. The SMILES string of the molecule is CCNC(Cc1cc(OC)ccc1Br)c1ccc(CC)o1. The van der Waals surface area contributed by atoms with Crippen molar-refractivity contribution >= 4 is 15.9 Å². The second-order valence-corrected chi connectivity index (χ2v) is 5.78. The zero-order valence-corrected chi connectivity index (χ0v) is 14.4. The van der Waals surface area contributed by atoms with Crippen molar-refractivity contribution in [2.75, 3.05) is 13.7 Å². The van der Waals surface area contributed by atoms with Gasteiger partial charge >= 0.3 is 0 Å². The van der Waals surface area contributed by atoms with Crippen molar-refractivity contribution in [3.63, 3.8) is 0 Å². The van der Waals surface area contributed by atoms with E-state index < -0.39 is 0 Å². The summed E-state index contributed by atoms with van der Waals surface area (Å²) in [4.78, 5) is 0. The molecular formula is C17H22BrNO2. The largest absolute Gasteiger partial charge is 0.497 e. The summed E-state index contributed by atoms with van der Waals surface area (Å²) in [5, 5.41) is 3.49. The Balaban J connectivity index is 2.23. The van der Waals surface area contributed by atoms with Crippen LogP contribution < -0.4 is 10.1 Å². The highest BCUT2D eigenvalue weighted by Crippen LogP contribution is 2.28. The number of furan rings is 1. The summed E-state index contributed by atoms with van der Waals surface area (Å²) in [6, 6.07) is 10.3. The molecule has 21 heavy (non-hydrogen) atoms. The van der Waals surface area contributed by atoms with Crippen LogP contribution in [-0.2, 0) is 12.8 Å². The molecule has 0 aliphatic carbocycles. The third-order valence-electron chi connectivity index (χ3n) is 3.50. The van der Waals surface area contributed by atoms with Crippen LogP contribution in [0.1, 0.15) is 37.0 Å². The van der Waals surface area contributed by atoms with Crippen molar-refractivity contribution in [2.24, 2.45) is 0 Å². The van der Waals surface area contributed by atoms with E-state index in [0.717, 1.165) is 41.1 Å². The fourth-order valence-electron chi connectivity index (χ4n) is 2.35. The summed E-state index contributed by atoms with van der Waals surface area (Å²) >= 11 is 3.62. The Kier molecular flexibility index (Phi) is 5.88. The molecule has 114 valence electrons. The molecule has 1 unspecified atom stereocenters. The van der Waals surface area contributed by atoms with Gasteiger partial charge in [-0.2, -0.15) is 0 Å². The zero-order chi connectivity index (χ0) is 15.2. The fraction of sp³-hybridized carbons (Fsp3) is 0.412. The maximum atomic E-state index is 5.91. The number of benzene rings is 1. The van der Waals surface area contributed by atoms with E-state index in [9.17, 15) is 0 Å². The van der Waals surface area contributed by atoms with Gasteiger partial charge in [0.1, 0.15) is 17.3 Å². The Hall–Kier alpha value is -1.26. The molecule has 2 aromatic rings. The number of aryl methyl sites for hydroxylation is 1. The number of methoxy groups -OCH3 is 1. The minimum absolute atomic E-state index is 0.165. The lowest BCUT2D eigenvalue weighted by atomic mass is 10.0. The quantitative estimate of drug-likeness (QED) is 0.796. The van der Waals surface area contributed by atoms with Gasteiger partial charge in [-0.1, -0.05) is 29.8 Å². The molecule has 1 N–H and O–H groups in total. The van der Waals surface area contributed by atoms with Crippen molar-refractivity contribution in [1.82, 2.24) is 5.32 Å². The first-order valence-corrected chi connectivity index (χ1v) is 8.11. The number of hydrogen-bond acceptors (Lipinski definition) is 3. The number of rotatable bonds is 7. The first-order valence-electron chi connectivity index (χ1n) is 7.32. The van der Waals surface area contributed by atoms with E-state index in [1.807, 2.05) is 12.1 Å². The molecule has 0 saturated carbocycles. The average Bonchev–Trinajstić information content (AvgIpc) is 2.97. The lowest BCUT2D eigenvalue weighted by molar-refractivity contribution is 0.394. The standard InChI is InChI=1S/C17H22BrNO2/c1-4-13-7-9-17(21-13)16(19-5-2)11-12-10-14(20-3)6-8-15(12)18/h6-10,16,19H,4-5,11H2,1-3H3. The maximum absolute atomic E-state index is 5.91. The first kappa shape index (κ1) is 16.1. The van der Waals surface area contributed by atoms with Crippen LogP contribution >= 0.6 is 15.9 Å². The molecule has 0 saturated heterocycles. The molecule has 0 bridgehead atoms. The number of nitrogens with one attached hydrogen (secondary N) is 1. The van der Waals surface area contributed by atoms with Gasteiger partial charge in [-0.3, -0.25) is 0 Å². The van der Waals surface area contributed by atoms with E-state index in [4.69, 9.17) is 9.15 Å². The molecule has 0 spiro atoms. The third kappa shape index (κ3) is 4.11. The molecule has 4 heteroatoms. The molecule has 1 heterocycles. The van der Waals surface area contributed by atoms with Gasteiger partial charge in [-0.25, -0.2) is 0 Å². The van der Waals surface area contributed by atoms with Gasteiger partial charge < -0.3 is 14.5 Å². The van der Waals surface area contributed by atoms with E-state index in [0.29, 0.717) is 0 Å². The van der Waals surface area contributed by atoms with Gasteiger partial charge in [0.15, 0.2) is 0 Å². The van der Waals surface area contributed by atoms with Gasteiger partial charge in [0, 0.05) is 10.9 Å². The molecule has 3 nitrogen and oxygen atoms in total. The molecule has 0 amide bonds. The molecule has 0 fully saturated rings. The zero-order valence-electron chi connectivity index (χ0n) is 12.8. The van der Waals surface area contributed by atoms with Gasteiger partial charge in [0.25, 0.3) is 0 Å². The van der Waals surface area contributed by atoms with Crippen LogP contribution in [0.3, 0.4) is 0 Å². The van der Waals surface area contributed by atoms with E-state index in [2.05, 4.69) is 53.3 Å². The lowest BCUT2D eigenvalue weighted by Crippen LogP contribution is -2.22. The monoisotopic (exact) mass is 351 g/mol. The van der Waals surface area contributed by atoms with Crippen LogP contribution in [0.2, 0.25) is 0 Å². The lowest BCUT2D eigenvalue weighted by Gasteiger charge is -2.17. The maximum Gasteiger partial charge on any atom is 0.121 e. The minimum atomic E-state index is 0.165. The summed E-state index contributed by atoms with van der Waals surface area (Å²) in [7, 11) is 1.69. The topological polar surface area (TPSA) is 34.4 Å². The Morgan fingerprint density at radius 3 is 2.67 bits per heavy atom. The van der Waals surface area contributed by atoms with Gasteiger partial charge in [0.05, 0.1) is 13.2 Å². The van der Waals surface area contributed by atoms with Crippen LogP contribution in [0.5, 0.6) is 5.75 Å². The van der Waals surface area contributed by atoms with Crippen LogP contribution in [0.25, 0.3) is 0 Å². The average molecular weight is 352 g/mol. The molecule has 0 aliphatic rings. The number of likely N-dealkylation sites (N-methyl/N-ethyl adjacent to an activating group) is 1. The van der Waals surface area contributed by atoms with E-state index in [1.54, 1.807) is 7.11 Å². The van der Waals surface area contributed by atoms with Crippen LogP contribution in [-0.4, -0.2) is 13.7 Å². The predicted molar refractivity (Wildman–Crippen MR) is 88.9 cm³/mol. The minimum Gasteiger partial charge on any atom is -0.497 e. The van der Waals surface area contributed by atoms with Crippen molar-refractivity contribution < 1.29 is 9.15 Å². The summed E-state index contributed by atoms with van der Waals surface area (Å²) in [5.74, 6) is 2.89. The third-order valence-corrected chi connectivity index (χ3v) is 4.28. The summed E-state index contributed by atoms with van der Waals surface area (Å²) in [5.41, 5.74) is 1.20. The van der Waals surface area contributed by atoms with Gasteiger partial charge in [-0.15, -0.1) is 0 Å². The van der Waals surface area contributed by atoms with Crippen LogP contribution in [0.15, 0.2) is 39.2 Å². The van der Waals surface area contributed by atoms with Crippen LogP contribution in [0.4, 0.5) is 0 Å². The van der Waals surface area contributed by atoms with Crippen molar-refractivity contribution in [1.29, 1.82) is 0 Å². The van der Waals surface area contributed by atoms with E-state index in [-0.39, 0.29) is 6.04 Å². The second-order valence-electron chi connectivity index (χ2n) is 4.93. The van der Waals surface area contributed by atoms with Crippen LogP contribution in [0, 0.1) is 0 Å². The molecule has 0 radical (unpaired) electrons. The van der Waals surface area contributed by atoms with E-state index in [1.165, 1.54) is 5.56 Å². The number of halogens is 1. The smallest absolute Gasteiger partial charge is 0.121 e. The Morgan fingerprint density at radius 2 is 2.05 bits per heavy atom. The summed E-state index contributed by atoms with van der Waals surface area (Å²) in [6.45, 7) is 5.11. The van der Waals surface area contributed by atoms with Gasteiger partial charge in [-0.05, 0) is 48.9 Å². The fourth-order valence-corrected chi connectivity index (χ4v) is 2.75. The Labute approximate surface area is 134 Å². The Bertz CT molecular complexity index is 580. The highest BCUT2D eigenvalue weighted by molar-refractivity contribution is 9.10. The molecule has 1 aromatic heterocycles. The molecular weight excluding hydrogens is 330 g/mol. The Morgan fingerprint density at radius 1 is 1.24 bits per heavy atom. The van der Waals surface area contributed by atoms with E-state index >= 15 is 0 Å². The second kappa shape index (κ2) is 7.66. The highest BCUT2D eigenvalue weighted by atomic mass is 79.9. The van der Waals surface area contributed by atoms with Crippen molar-refractivity contribution in [2.45, 2.75) is 32.7 Å². The summed E-state index contributed by atoms with van der Waals surface area (Å²) < 4.78 is 12.3. The predicted octanol–water partition coefficient (Wildman–Crippen LogP) is 4.51. The highest BCUT2D eigenvalue weighted by Gasteiger charge is 2.17. The summed E-state index contributed by atoms with van der Waals surface area (Å²) in [6.07, 6.45) is 1.77. The number of hydrogen-bond donors (Lipinski definition) is 1. The molecule has 0 aliphatic heterocycles. The van der Waals surface area contributed by atoms with Crippen molar-refractivity contribution in [3.05, 3.63) is 51.9 Å². The van der Waals surface area contributed by atoms with Gasteiger partial charge in [0.2, 0.25) is 0 Å². The number of ether oxygens (including phenoxy) is 1. The molecule has 1 atom stereocenters.